The highest BCUT2D eigenvalue weighted by atomic mass is 16.5. The average Bonchev–Trinajstić information content (AvgIpc) is 3.00. The molecule has 1 aromatic heterocycles. The molecule has 0 amide bonds. The van der Waals surface area contributed by atoms with Crippen molar-refractivity contribution in [3.05, 3.63) is 23.9 Å². The molecule has 2 fully saturated rings. The van der Waals surface area contributed by atoms with Gasteiger partial charge in [-0.3, -0.25) is 4.99 Å². The summed E-state index contributed by atoms with van der Waals surface area (Å²) in [5, 5.41) is 3.47. The summed E-state index contributed by atoms with van der Waals surface area (Å²) in [4.78, 5) is 11.1. The molecule has 2 unspecified atom stereocenters. The average molecular weight is 302 g/mol. The van der Waals surface area contributed by atoms with Crippen LogP contribution in [0.1, 0.15) is 31.2 Å². The van der Waals surface area contributed by atoms with Crippen LogP contribution < -0.4 is 10.1 Å². The number of methoxy groups -OCH3 is 1. The van der Waals surface area contributed by atoms with Crippen LogP contribution >= 0.6 is 0 Å². The number of aliphatic imine (C=N–C) groups is 1. The number of nitrogens with one attached hydrogen (secondary N) is 1. The Morgan fingerprint density at radius 3 is 2.59 bits per heavy atom. The molecule has 0 aromatic carbocycles. The number of aromatic nitrogens is 1. The summed E-state index contributed by atoms with van der Waals surface area (Å²) in [5.41, 5.74) is 1.14. The Hall–Kier alpha value is -1.78. The van der Waals surface area contributed by atoms with Gasteiger partial charge in [-0.2, -0.15) is 0 Å². The van der Waals surface area contributed by atoms with Crippen LogP contribution in [0.15, 0.2) is 23.3 Å². The molecular formula is C17H26N4O. The molecule has 1 N–H and O–H groups in total. The van der Waals surface area contributed by atoms with Gasteiger partial charge < -0.3 is 15.0 Å². The van der Waals surface area contributed by atoms with Gasteiger partial charge in [0.2, 0.25) is 5.88 Å². The van der Waals surface area contributed by atoms with E-state index in [2.05, 4.69) is 20.2 Å². The molecule has 2 atom stereocenters. The SMILES string of the molecule is CN=C(NCc1ccc(OC)nc1)N1CC2CCCCC2C1. The number of ether oxygens (including phenoxy) is 1. The molecule has 0 bridgehead atoms. The Labute approximate surface area is 132 Å². The van der Waals surface area contributed by atoms with Crippen molar-refractivity contribution in [3.8, 4) is 5.88 Å². The molecule has 3 rings (SSSR count). The topological polar surface area (TPSA) is 49.8 Å². The maximum Gasteiger partial charge on any atom is 0.212 e. The summed E-state index contributed by atoms with van der Waals surface area (Å²) in [7, 11) is 3.51. The van der Waals surface area contributed by atoms with Gasteiger partial charge in [-0.15, -0.1) is 0 Å². The number of guanidine groups is 1. The molecule has 5 nitrogen and oxygen atoms in total. The zero-order valence-corrected chi connectivity index (χ0v) is 13.6. The number of hydrogen-bond donors (Lipinski definition) is 1. The van der Waals surface area contributed by atoms with Gasteiger partial charge in [0, 0.05) is 38.9 Å². The second-order valence-corrected chi connectivity index (χ2v) is 6.32. The Kier molecular flexibility index (Phi) is 4.80. The smallest absolute Gasteiger partial charge is 0.212 e. The normalized spacial score (nSPS) is 25.0. The van der Waals surface area contributed by atoms with Crippen LogP contribution in [0.25, 0.3) is 0 Å². The molecule has 2 heterocycles. The summed E-state index contributed by atoms with van der Waals surface area (Å²) in [6, 6.07) is 3.93. The van der Waals surface area contributed by atoms with Gasteiger partial charge in [0.05, 0.1) is 7.11 Å². The third-order valence-electron chi connectivity index (χ3n) is 4.94. The predicted octanol–water partition coefficient (Wildman–Crippen LogP) is 2.29. The van der Waals surface area contributed by atoms with Crippen molar-refractivity contribution in [2.24, 2.45) is 16.8 Å². The minimum absolute atomic E-state index is 0.650. The number of likely N-dealkylation sites (tertiary alicyclic amines) is 1. The Morgan fingerprint density at radius 2 is 2.05 bits per heavy atom. The molecule has 5 heteroatoms. The molecule has 1 aromatic rings. The van der Waals surface area contributed by atoms with E-state index in [0.717, 1.165) is 43.0 Å². The quantitative estimate of drug-likeness (QED) is 0.687. The number of hydrogen-bond acceptors (Lipinski definition) is 3. The number of rotatable bonds is 3. The molecule has 1 saturated carbocycles. The fourth-order valence-corrected chi connectivity index (χ4v) is 3.73. The molecule has 0 radical (unpaired) electrons. The number of nitrogens with zero attached hydrogens (tertiary/aromatic N) is 3. The summed E-state index contributed by atoms with van der Waals surface area (Å²) in [6.07, 6.45) is 7.43. The van der Waals surface area contributed by atoms with E-state index >= 15 is 0 Å². The van der Waals surface area contributed by atoms with E-state index in [1.54, 1.807) is 7.11 Å². The van der Waals surface area contributed by atoms with E-state index in [1.807, 2.05) is 25.4 Å². The third kappa shape index (κ3) is 3.34. The zero-order chi connectivity index (χ0) is 15.4. The lowest BCUT2D eigenvalue weighted by molar-refractivity contribution is 0.299. The van der Waals surface area contributed by atoms with E-state index in [9.17, 15) is 0 Å². The highest BCUT2D eigenvalue weighted by Crippen LogP contribution is 2.35. The van der Waals surface area contributed by atoms with Crippen molar-refractivity contribution in [2.45, 2.75) is 32.2 Å². The highest BCUT2D eigenvalue weighted by Gasteiger charge is 2.35. The minimum atomic E-state index is 0.650. The van der Waals surface area contributed by atoms with Gasteiger partial charge in [0.25, 0.3) is 0 Å². The predicted molar refractivity (Wildman–Crippen MR) is 88.0 cm³/mol. The van der Waals surface area contributed by atoms with Crippen molar-refractivity contribution in [2.75, 3.05) is 27.2 Å². The van der Waals surface area contributed by atoms with E-state index in [0.29, 0.717) is 5.88 Å². The lowest BCUT2D eigenvalue weighted by Crippen LogP contribution is -2.39. The van der Waals surface area contributed by atoms with Crippen LogP contribution in [-0.2, 0) is 6.54 Å². The fraction of sp³-hybridized carbons (Fsp3) is 0.647. The molecule has 1 aliphatic heterocycles. The molecule has 1 aliphatic carbocycles. The first-order valence-corrected chi connectivity index (χ1v) is 8.24. The van der Waals surface area contributed by atoms with E-state index in [1.165, 1.54) is 25.7 Å². The van der Waals surface area contributed by atoms with Crippen LogP contribution in [0.3, 0.4) is 0 Å². The van der Waals surface area contributed by atoms with Gasteiger partial charge in [-0.25, -0.2) is 4.98 Å². The first-order chi connectivity index (χ1) is 10.8. The van der Waals surface area contributed by atoms with E-state index in [4.69, 9.17) is 4.74 Å². The molecule has 120 valence electrons. The van der Waals surface area contributed by atoms with Crippen LogP contribution in [0.4, 0.5) is 0 Å². The Bertz CT molecular complexity index is 500. The van der Waals surface area contributed by atoms with Crippen molar-refractivity contribution < 1.29 is 4.74 Å². The van der Waals surface area contributed by atoms with Gasteiger partial charge in [-0.1, -0.05) is 18.9 Å². The molecule has 2 aliphatic rings. The maximum atomic E-state index is 5.09. The fourth-order valence-electron chi connectivity index (χ4n) is 3.73. The van der Waals surface area contributed by atoms with Crippen LogP contribution in [-0.4, -0.2) is 43.1 Å². The van der Waals surface area contributed by atoms with Crippen LogP contribution in [0, 0.1) is 11.8 Å². The van der Waals surface area contributed by atoms with Crippen molar-refractivity contribution in [1.82, 2.24) is 15.2 Å². The summed E-state index contributed by atoms with van der Waals surface area (Å²) < 4.78 is 5.09. The summed E-state index contributed by atoms with van der Waals surface area (Å²) in [6.45, 7) is 3.06. The van der Waals surface area contributed by atoms with Gasteiger partial charge in [0.15, 0.2) is 5.96 Å². The largest absolute Gasteiger partial charge is 0.481 e. The van der Waals surface area contributed by atoms with Gasteiger partial charge >= 0.3 is 0 Å². The second-order valence-electron chi connectivity index (χ2n) is 6.32. The third-order valence-corrected chi connectivity index (χ3v) is 4.94. The Balaban J connectivity index is 1.56. The van der Waals surface area contributed by atoms with Gasteiger partial charge in [-0.05, 0) is 30.2 Å². The molecule has 0 spiro atoms. The second kappa shape index (κ2) is 6.99. The maximum absolute atomic E-state index is 5.09. The summed E-state index contributed by atoms with van der Waals surface area (Å²) in [5.74, 6) is 3.41. The first-order valence-electron chi connectivity index (χ1n) is 8.24. The van der Waals surface area contributed by atoms with Crippen LogP contribution in [0.2, 0.25) is 0 Å². The van der Waals surface area contributed by atoms with Crippen molar-refractivity contribution in [1.29, 1.82) is 0 Å². The van der Waals surface area contributed by atoms with E-state index in [-0.39, 0.29) is 0 Å². The summed E-state index contributed by atoms with van der Waals surface area (Å²) >= 11 is 0. The van der Waals surface area contributed by atoms with Crippen molar-refractivity contribution in [3.63, 3.8) is 0 Å². The van der Waals surface area contributed by atoms with Crippen molar-refractivity contribution >= 4 is 5.96 Å². The molecule has 1 saturated heterocycles. The van der Waals surface area contributed by atoms with Gasteiger partial charge in [0.1, 0.15) is 0 Å². The van der Waals surface area contributed by atoms with E-state index < -0.39 is 0 Å². The molecule has 22 heavy (non-hydrogen) atoms. The Morgan fingerprint density at radius 1 is 1.32 bits per heavy atom. The molecular weight excluding hydrogens is 276 g/mol. The van der Waals surface area contributed by atoms with Crippen LogP contribution in [0.5, 0.6) is 5.88 Å². The highest BCUT2D eigenvalue weighted by molar-refractivity contribution is 5.80. The minimum Gasteiger partial charge on any atom is -0.481 e. The first kappa shape index (κ1) is 15.1. The number of pyridine rings is 1. The number of fused-ring (bicyclic) bond motifs is 1. The lowest BCUT2D eigenvalue weighted by Gasteiger charge is -2.22. The zero-order valence-electron chi connectivity index (χ0n) is 13.6. The standard InChI is InChI=1S/C17H26N4O/c1-18-17(20-10-13-7-8-16(22-2)19-9-13)21-11-14-5-3-4-6-15(14)12-21/h7-9,14-15H,3-6,10-12H2,1-2H3,(H,18,20). The monoisotopic (exact) mass is 302 g/mol. The lowest BCUT2D eigenvalue weighted by atomic mass is 9.82.